The van der Waals surface area contributed by atoms with E-state index < -0.39 is 5.97 Å². The summed E-state index contributed by atoms with van der Waals surface area (Å²) in [7, 11) is 5.78. The molecular weight excluding hydrogens is 416 g/mol. The Balaban J connectivity index is 2.39. The highest BCUT2D eigenvalue weighted by molar-refractivity contribution is 6.12. The van der Waals surface area contributed by atoms with Gasteiger partial charge in [-0.3, -0.25) is 0 Å². The number of carbonyl (C=O) groups is 1. The Bertz CT molecular complexity index is 1110. The molecule has 0 aliphatic carbocycles. The Morgan fingerprint density at radius 3 is 2.06 bits per heavy atom. The van der Waals surface area contributed by atoms with E-state index in [1.165, 1.54) is 28.4 Å². The fraction of sp³-hybridized carbons (Fsp3) is 0.292. The number of benzene rings is 3. The molecule has 0 heterocycles. The quantitative estimate of drug-likeness (QED) is 0.490. The first-order chi connectivity index (χ1) is 15.5. The molecule has 3 aromatic carbocycles. The molecule has 0 fully saturated rings. The number of phenols is 1. The Hall–Kier alpha value is -3.81. The van der Waals surface area contributed by atoms with Gasteiger partial charge in [0.2, 0.25) is 0 Å². The van der Waals surface area contributed by atoms with E-state index in [-0.39, 0.29) is 47.2 Å². The molecule has 0 atom stereocenters. The molecule has 1 N–H and O–H groups in total. The van der Waals surface area contributed by atoms with Gasteiger partial charge in [-0.15, -0.1) is 0 Å². The summed E-state index contributed by atoms with van der Waals surface area (Å²) < 4.78 is 33.3. The summed E-state index contributed by atoms with van der Waals surface area (Å²) in [5.74, 6) is -0.131. The van der Waals surface area contributed by atoms with E-state index in [1.807, 2.05) is 30.3 Å². The average molecular weight is 442 g/mol. The fourth-order valence-corrected chi connectivity index (χ4v) is 3.51. The predicted molar refractivity (Wildman–Crippen MR) is 119 cm³/mol. The molecule has 0 aliphatic rings. The lowest BCUT2D eigenvalue weighted by Crippen LogP contribution is -2.11. The summed E-state index contributed by atoms with van der Waals surface area (Å²) >= 11 is 0. The molecule has 0 bridgehead atoms. The van der Waals surface area contributed by atoms with Crippen molar-refractivity contribution < 1.29 is 38.3 Å². The van der Waals surface area contributed by atoms with Crippen LogP contribution in [0.2, 0.25) is 0 Å². The van der Waals surface area contributed by atoms with Crippen LogP contribution >= 0.6 is 0 Å². The second-order valence-electron chi connectivity index (χ2n) is 6.65. The SMILES string of the molecule is CCOC(=O)c1c(OCc2ccccc2)c(O)c2c(OC)c(OC)cc(OC)c2c1OC. The van der Waals surface area contributed by atoms with E-state index in [1.54, 1.807) is 13.0 Å². The maximum atomic E-state index is 12.9. The van der Waals surface area contributed by atoms with Crippen LogP contribution in [0.4, 0.5) is 0 Å². The number of aromatic hydroxyl groups is 1. The number of ether oxygens (including phenoxy) is 6. The second-order valence-corrected chi connectivity index (χ2v) is 6.65. The number of rotatable bonds is 9. The molecule has 0 saturated carbocycles. The van der Waals surface area contributed by atoms with Gasteiger partial charge < -0.3 is 33.5 Å². The average Bonchev–Trinajstić information content (AvgIpc) is 2.82. The Kier molecular flexibility index (Phi) is 7.14. The second kappa shape index (κ2) is 10.00. The van der Waals surface area contributed by atoms with Gasteiger partial charge in [-0.2, -0.15) is 0 Å². The topological polar surface area (TPSA) is 92.7 Å². The van der Waals surface area contributed by atoms with Gasteiger partial charge in [-0.25, -0.2) is 4.79 Å². The number of methoxy groups -OCH3 is 4. The molecular formula is C24H26O8. The zero-order valence-electron chi connectivity index (χ0n) is 18.7. The normalized spacial score (nSPS) is 10.5. The van der Waals surface area contributed by atoms with Crippen molar-refractivity contribution in [1.29, 1.82) is 0 Å². The maximum absolute atomic E-state index is 12.9. The van der Waals surface area contributed by atoms with E-state index in [9.17, 15) is 9.90 Å². The van der Waals surface area contributed by atoms with Gasteiger partial charge in [0.25, 0.3) is 0 Å². The standard InChI is InChI=1S/C24H26O8/c1-6-31-24(26)19-22(30-5)17-15(27-2)12-16(28-3)21(29-4)18(17)20(25)23(19)32-13-14-10-8-7-9-11-14/h7-12,25H,6,13H2,1-5H3. The summed E-state index contributed by atoms with van der Waals surface area (Å²) in [6.45, 7) is 1.91. The van der Waals surface area contributed by atoms with E-state index in [0.29, 0.717) is 16.9 Å². The van der Waals surface area contributed by atoms with Crippen molar-refractivity contribution in [2.45, 2.75) is 13.5 Å². The zero-order chi connectivity index (χ0) is 23.3. The van der Waals surface area contributed by atoms with Crippen LogP contribution in [0.1, 0.15) is 22.8 Å². The largest absolute Gasteiger partial charge is 0.504 e. The van der Waals surface area contributed by atoms with Crippen LogP contribution in [-0.2, 0) is 11.3 Å². The van der Waals surface area contributed by atoms with Gasteiger partial charge in [0.15, 0.2) is 23.0 Å². The lowest BCUT2D eigenvalue weighted by Gasteiger charge is -2.22. The first-order valence-electron chi connectivity index (χ1n) is 9.91. The summed E-state index contributed by atoms with van der Waals surface area (Å²) in [5.41, 5.74) is 0.789. The smallest absolute Gasteiger partial charge is 0.345 e. The van der Waals surface area contributed by atoms with E-state index >= 15 is 0 Å². The fourth-order valence-electron chi connectivity index (χ4n) is 3.51. The van der Waals surface area contributed by atoms with Crippen molar-refractivity contribution in [2.75, 3.05) is 35.0 Å². The Morgan fingerprint density at radius 2 is 1.50 bits per heavy atom. The van der Waals surface area contributed by atoms with Crippen LogP contribution in [0.15, 0.2) is 36.4 Å². The molecule has 0 aliphatic heterocycles. The third-order valence-corrected chi connectivity index (χ3v) is 4.90. The van der Waals surface area contributed by atoms with Crippen molar-refractivity contribution >= 4 is 16.7 Å². The first kappa shape index (κ1) is 22.9. The third-order valence-electron chi connectivity index (χ3n) is 4.90. The Morgan fingerprint density at radius 1 is 0.844 bits per heavy atom. The lowest BCUT2D eigenvalue weighted by molar-refractivity contribution is 0.0516. The molecule has 0 radical (unpaired) electrons. The maximum Gasteiger partial charge on any atom is 0.345 e. The highest BCUT2D eigenvalue weighted by Gasteiger charge is 2.32. The van der Waals surface area contributed by atoms with Crippen molar-refractivity contribution in [3.63, 3.8) is 0 Å². The lowest BCUT2D eigenvalue weighted by atomic mass is 10.00. The molecule has 0 aromatic heterocycles. The minimum atomic E-state index is -0.707. The molecule has 8 heteroatoms. The molecule has 32 heavy (non-hydrogen) atoms. The summed E-state index contributed by atoms with van der Waals surface area (Å²) in [4.78, 5) is 12.9. The van der Waals surface area contributed by atoms with Crippen LogP contribution in [-0.4, -0.2) is 46.1 Å². The molecule has 170 valence electrons. The van der Waals surface area contributed by atoms with E-state index in [4.69, 9.17) is 28.4 Å². The van der Waals surface area contributed by atoms with Crippen molar-refractivity contribution in [2.24, 2.45) is 0 Å². The molecule has 0 amide bonds. The van der Waals surface area contributed by atoms with Gasteiger partial charge in [-0.05, 0) is 12.5 Å². The minimum absolute atomic E-state index is 0.0548. The first-order valence-corrected chi connectivity index (χ1v) is 9.91. The molecule has 0 unspecified atom stereocenters. The number of esters is 1. The molecule has 0 spiro atoms. The van der Waals surface area contributed by atoms with Crippen LogP contribution in [0.5, 0.6) is 34.5 Å². The van der Waals surface area contributed by atoms with Crippen LogP contribution in [0.25, 0.3) is 10.8 Å². The third kappa shape index (κ3) is 4.03. The van der Waals surface area contributed by atoms with Crippen molar-refractivity contribution in [3.8, 4) is 34.5 Å². The Labute approximate surface area is 186 Å². The van der Waals surface area contributed by atoms with Crippen molar-refractivity contribution in [1.82, 2.24) is 0 Å². The van der Waals surface area contributed by atoms with Crippen LogP contribution < -0.4 is 23.7 Å². The van der Waals surface area contributed by atoms with Crippen LogP contribution in [0, 0.1) is 0 Å². The van der Waals surface area contributed by atoms with Crippen molar-refractivity contribution in [3.05, 3.63) is 47.5 Å². The zero-order valence-corrected chi connectivity index (χ0v) is 18.7. The molecule has 0 saturated heterocycles. The number of hydrogen-bond acceptors (Lipinski definition) is 8. The van der Waals surface area contributed by atoms with Gasteiger partial charge >= 0.3 is 5.97 Å². The molecule has 8 nitrogen and oxygen atoms in total. The summed E-state index contributed by atoms with van der Waals surface area (Å²) in [6.07, 6.45) is 0. The van der Waals surface area contributed by atoms with Gasteiger partial charge in [-0.1, -0.05) is 30.3 Å². The number of fused-ring (bicyclic) bond motifs is 1. The number of hydrogen-bond donors (Lipinski definition) is 1. The summed E-state index contributed by atoms with van der Waals surface area (Å²) in [6, 6.07) is 10.9. The summed E-state index contributed by atoms with van der Waals surface area (Å²) in [5, 5.41) is 11.9. The van der Waals surface area contributed by atoms with Gasteiger partial charge in [0, 0.05) is 6.07 Å². The highest BCUT2D eigenvalue weighted by atomic mass is 16.5. The molecule has 3 aromatic rings. The van der Waals surface area contributed by atoms with E-state index in [2.05, 4.69) is 0 Å². The number of phenolic OH excluding ortho intramolecular Hbond substituents is 1. The van der Waals surface area contributed by atoms with E-state index in [0.717, 1.165) is 5.56 Å². The van der Waals surface area contributed by atoms with Crippen LogP contribution in [0.3, 0.4) is 0 Å². The highest BCUT2D eigenvalue weighted by Crippen LogP contribution is 2.54. The molecule has 3 rings (SSSR count). The minimum Gasteiger partial charge on any atom is -0.504 e. The predicted octanol–water partition coefficient (Wildman–Crippen LogP) is 4.34. The monoisotopic (exact) mass is 442 g/mol. The van der Waals surface area contributed by atoms with Gasteiger partial charge in [0.1, 0.15) is 23.7 Å². The van der Waals surface area contributed by atoms with Gasteiger partial charge in [0.05, 0.1) is 45.8 Å². The number of carbonyl (C=O) groups excluding carboxylic acids is 1.